The topological polar surface area (TPSA) is 57.5 Å². The Morgan fingerprint density at radius 2 is 2.00 bits per heavy atom. The van der Waals surface area contributed by atoms with Crippen molar-refractivity contribution in [3.05, 3.63) is 33.8 Å². The van der Waals surface area contributed by atoms with Crippen molar-refractivity contribution in [1.29, 1.82) is 0 Å². The fourth-order valence-corrected chi connectivity index (χ4v) is 1.37. The van der Waals surface area contributed by atoms with Crippen LogP contribution < -0.4 is 0 Å². The second-order valence-electron chi connectivity index (χ2n) is 2.41. The molecule has 0 unspecified atom stereocenters. The van der Waals surface area contributed by atoms with Gasteiger partial charge in [-0.2, -0.15) is 0 Å². The lowest BCUT2D eigenvalue weighted by molar-refractivity contribution is -0.146. The van der Waals surface area contributed by atoms with Crippen LogP contribution in [0.2, 0.25) is 10.0 Å². The molecule has 0 heterocycles. The summed E-state index contributed by atoms with van der Waals surface area (Å²) < 4.78 is 0. The smallest absolute Gasteiger partial charge is 0.337 e. The van der Waals surface area contributed by atoms with E-state index in [0.29, 0.717) is 5.02 Å². The van der Waals surface area contributed by atoms with Crippen LogP contribution in [-0.4, -0.2) is 16.2 Å². The summed E-state index contributed by atoms with van der Waals surface area (Å²) in [5.41, 5.74) is 0.138. The van der Waals surface area contributed by atoms with Gasteiger partial charge in [0.1, 0.15) is 0 Å². The van der Waals surface area contributed by atoms with E-state index in [2.05, 4.69) is 0 Å². The standard InChI is InChI=1S/C8H6Cl2O3/c9-4-1-2-5(6(10)3-4)7(11)8(12)13/h1-3,7,11H,(H,12,13)/t7-/m1/s1. The first-order chi connectivity index (χ1) is 6.02. The van der Waals surface area contributed by atoms with E-state index in [1.807, 2.05) is 0 Å². The number of aliphatic hydroxyl groups is 1. The first-order valence-corrected chi connectivity index (χ1v) is 4.14. The fraction of sp³-hybridized carbons (Fsp3) is 0.125. The second kappa shape index (κ2) is 3.96. The highest BCUT2D eigenvalue weighted by molar-refractivity contribution is 6.35. The van der Waals surface area contributed by atoms with Crippen LogP contribution in [0.5, 0.6) is 0 Å². The molecule has 0 aromatic heterocycles. The number of carboxylic acid groups (broad SMARTS) is 1. The van der Waals surface area contributed by atoms with Gasteiger partial charge >= 0.3 is 5.97 Å². The number of rotatable bonds is 2. The zero-order valence-corrected chi connectivity index (χ0v) is 7.88. The minimum Gasteiger partial charge on any atom is -0.479 e. The van der Waals surface area contributed by atoms with E-state index in [1.54, 1.807) is 0 Å². The minimum absolute atomic E-state index is 0.138. The van der Waals surface area contributed by atoms with Crippen LogP contribution in [0, 0.1) is 0 Å². The van der Waals surface area contributed by atoms with Crippen molar-refractivity contribution in [1.82, 2.24) is 0 Å². The summed E-state index contributed by atoms with van der Waals surface area (Å²) in [6, 6.07) is 4.23. The number of halogens is 2. The number of aliphatic carboxylic acids is 1. The lowest BCUT2D eigenvalue weighted by atomic mass is 10.1. The molecule has 0 aliphatic heterocycles. The van der Waals surface area contributed by atoms with Crippen LogP contribution in [0.1, 0.15) is 11.7 Å². The molecule has 70 valence electrons. The quantitative estimate of drug-likeness (QED) is 0.803. The molecule has 0 amide bonds. The second-order valence-corrected chi connectivity index (χ2v) is 3.25. The molecular formula is C8H6Cl2O3. The monoisotopic (exact) mass is 220 g/mol. The van der Waals surface area contributed by atoms with Gasteiger partial charge in [0.15, 0.2) is 6.10 Å². The van der Waals surface area contributed by atoms with E-state index < -0.39 is 12.1 Å². The Morgan fingerprint density at radius 3 is 2.46 bits per heavy atom. The molecule has 1 rings (SSSR count). The Balaban J connectivity index is 3.08. The fourth-order valence-electron chi connectivity index (χ4n) is 0.856. The third-order valence-corrected chi connectivity index (χ3v) is 2.05. The predicted octanol–water partition coefficient (Wildman–Crippen LogP) is 2.11. The van der Waals surface area contributed by atoms with Crippen molar-refractivity contribution in [3.8, 4) is 0 Å². The third-order valence-electron chi connectivity index (χ3n) is 1.49. The van der Waals surface area contributed by atoms with Crippen molar-refractivity contribution in [2.75, 3.05) is 0 Å². The summed E-state index contributed by atoms with van der Waals surface area (Å²) in [5.74, 6) is -1.34. The molecule has 1 aromatic carbocycles. The van der Waals surface area contributed by atoms with Gasteiger partial charge in [-0.3, -0.25) is 0 Å². The van der Waals surface area contributed by atoms with Crippen LogP contribution in [0.25, 0.3) is 0 Å². The molecule has 1 atom stereocenters. The molecule has 1 aromatic rings. The maximum Gasteiger partial charge on any atom is 0.337 e. The molecule has 0 aliphatic carbocycles. The Morgan fingerprint density at radius 1 is 1.38 bits per heavy atom. The van der Waals surface area contributed by atoms with Crippen LogP contribution >= 0.6 is 23.2 Å². The number of benzene rings is 1. The Labute approximate surface area is 84.5 Å². The minimum atomic E-state index is -1.61. The zero-order valence-electron chi connectivity index (χ0n) is 6.37. The van der Waals surface area contributed by atoms with Crippen molar-refractivity contribution >= 4 is 29.2 Å². The normalized spacial score (nSPS) is 12.5. The highest BCUT2D eigenvalue weighted by atomic mass is 35.5. The van der Waals surface area contributed by atoms with Crippen LogP contribution in [0.4, 0.5) is 0 Å². The van der Waals surface area contributed by atoms with Gasteiger partial charge in [-0.05, 0) is 12.1 Å². The average Bonchev–Trinajstić information content (AvgIpc) is 2.03. The van der Waals surface area contributed by atoms with E-state index in [0.717, 1.165) is 0 Å². The summed E-state index contributed by atoms with van der Waals surface area (Å²) in [6.07, 6.45) is -1.61. The van der Waals surface area contributed by atoms with E-state index in [4.69, 9.17) is 33.4 Å². The van der Waals surface area contributed by atoms with Crippen LogP contribution in [0.3, 0.4) is 0 Å². The molecule has 0 fully saturated rings. The van der Waals surface area contributed by atoms with E-state index in [9.17, 15) is 4.79 Å². The van der Waals surface area contributed by atoms with Gasteiger partial charge in [-0.15, -0.1) is 0 Å². The van der Waals surface area contributed by atoms with Crippen molar-refractivity contribution in [2.24, 2.45) is 0 Å². The zero-order chi connectivity index (χ0) is 10.0. The number of carboxylic acids is 1. The summed E-state index contributed by atoms with van der Waals surface area (Å²) in [6.45, 7) is 0. The van der Waals surface area contributed by atoms with Gasteiger partial charge in [0.2, 0.25) is 0 Å². The van der Waals surface area contributed by atoms with Crippen LogP contribution in [-0.2, 0) is 4.79 Å². The molecule has 3 nitrogen and oxygen atoms in total. The molecule has 2 N–H and O–H groups in total. The number of aliphatic hydroxyl groups excluding tert-OH is 1. The molecule has 0 radical (unpaired) electrons. The van der Waals surface area contributed by atoms with Gasteiger partial charge < -0.3 is 10.2 Å². The maximum absolute atomic E-state index is 10.4. The number of carbonyl (C=O) groups is 1. The van der Waals surface area contributed by atoms with Gasteiger partial charge in [-0.1, -0.05) is 29.3 Å². The lowest BCUT2D eigenvalue weighted by Crippen LogP contribution is -2.10. The van der Waals surface area contributed by atoms with E-state index in [-0.39, 0.29) is 10.6 Å². The molecule has 0 saturated carbocycles. The van der Waals surface area contributed by atoms with E-state index in [1.165, 1.54) is 18.2 Å². The molecule has 0 aliphatic rings. The molecule has 13 heavy (non-hydrogen) atoms. The maximum atomic E-state index is 10.4. The van der Waals surface area contributed by atoms with Crippen molar-refractivity contribution in [2.45, 2.75) is 6.10 Å². The molecule has 0 saturated heterocycles. The SMILES string of the molecule is O=C(O)[C@H](O)c1ccc(Cl)cc1Cl. The lowest BCUT2D eigenvalue weighted by Gasteiger charge is -2.07. The number of hydrogen-bond donors (Lipinski definition) is 2. The van der Waals surface area contributed by atoms with Crippen LogP contribution in [0.15, 0.2) is 18.2 Å². The predicted molar refractivity (Wildman–Crippen MR) is 49.1 cm³/mol. The van der Waals surface area contributed by atoms with Gasteiger partial charge in [0, 0.05) is 15.6 Å². The number of hydrogen-bond acceptors (Lipinski definition) is 2. The highest BCUT2D eigenvalue weighted by Crippen LogP contribution is 2.26. The third kappa shape index (κ3) is 2.34. The largest absolute Gasteiger partial charge is 0.479 e. The molecular weight excluding hydrogens is 215 g/mol. The Bertz CT molecular complexity index is 338. The van der Waals surface area contributed by atoms with E-state index >= 15 is 0 Å². The summed E-state index contributed by atoms with van der Waals surface area (Å²) in [7, 11) is 0. The first-order valence-electron chi connectivity index (χ1n) is 3.38. The average molecular weight is 221 g/mol. The Hall–Kier alpha value is -0.770. The summed E-state index contributed by atoms with van der Waals surface area (Å²) in [5, 5.41) is 18.2. The van der Waals surface area contributed by atoms with Gasteiger partial charge in [0.25, 0.3) is 0 Å². The molecule has 0 bridgehead atoms. The summed E-state index contributed by atoms with van der Waals surface area (Å²) >= 11 is 11.2. The van der Waals surface area contributed by atoms with Gasteiger partial charge in [0.05, 0.1) is 0 Å². The Kier molecular flexibility index (Phi) is 3.14. The molecule has 5 heteroatoms. The van der Waals surface area contributed by atoms with Crippen molar-refractivity contribution < 1.29 is 15.0 Å². The van der Waals surface area contributed by atoms with Crippen molar-refractivity contribution in [3.63, 3.8) is 0 Å². The van der Waals surface area contributed by atoms with Gasteiger partial charge in [-0.25, -0.2) is 4.79 Å². The first kappa shape index (κ1) is 10.3. The molecule has 0 spiro atoms. The summed E-state index contributed by atoms with van der Waals surface area (Å²) in [4.78, 5) is 10.4. The highest BCUT2D eigenvalue weighted by Gasteiger charge is 2.18.